The smallest absolute Gasteiger partial charge is 0.306 e. The summed E-state index contributed by atoms with van der Waals surface area (Å²) in [6, 6.07) is 0. The fourth-order valence-electron chi connectivity index (χ4n) is 8.09. The van der Waals surface area contributed by atoms with Gasteiger partial charge in [-0.25, -0.2) is 4.39 Å². The van der Waals surface area contributed by atoms with Crippen LogP contribution in [0.25, 0.3) is 0 Å². The van der Waals surface area contributed by atoms with Crippen LogP contribution >= 0.6 is 0 Å². The van der Waals surface area contributed by atoms with Crippen LogP contribution in [0.5, 0.6) is 0 Å². The second kappa shape index (κ2) is 8.46. The SMILES string of the molecule is CCC(=O)CC(=O)[C@@]1(OC(=O)CC)[C@@H](C)C[C@H]2[C@@H]3CCC4=CC(=O)C=C[C@]4(C)[C@@]3(F)[C@@H](O)C[C@@]21C. The van der Waals surface area contributed by atoms with Crippen molar-refractivity contribution in [3.8, 4) is 0 Å². The standard InChI is InChI=1S/C28H37FO6/c1-6-18(30)14-22(32)28(35-24(34)7-2)16(3)12-21-20-9-8-17-13-19(31)10-11-25(17,4)27(20,29)23(33)15-26(21,28)5/h10-11,13,16,20-21,23,33H,6-9,12,14-15H2,1-5H3/t16-,20-,21-,23-,25-,26-,27-,28-/m0/s1. The van der Waals surface area contributed by atoms with Crippen molar-refractivity contribution in [2.24, 2.45) is 28.6 Å². The lowest BCUT2D eigenvalue weighted by Crippen LogP contribution is -2.70. The van der Waals surface area contributed by atoms with Gasteiger partial charge in [-0.05, 0) is 50.7 Å². The van der Waals surface area contributed by atoms with E-state index in [1.54, 1.807) is 26.8 Å². The van der Waals surface area contributed by atoms with Crippen LogP contribution in [0.15, 0.2) is 23.8 Å². The second-order valence-corrected chi connectivity index (χ2v) is 11.5. The van der Waals surface area contributed by atoms with Gasteiger partial charge in [-0.15, -0.1) is 0 Å². The summed E-state index contributed by atoms with van der Waals surface area (Å²) in [7, 11) is 0. The Morgan fingerprint density at radius 1 is 1.17 bits per heavy atom. The highest BCUT2D eigenvalue weighted by Gasteiger charge is 2.77. The number of rotatable bonds is 6. The number of halogens is 1. The van der Waals surface area contributed by atoms with Crippen LogP contribution in [-0.4, -0.2) is 45.8 Å². The Morgan fingerprint density at radius 3 is 2.49 bits per heavy atom. The number of ketones is 3. The number of ether oxygens (including phenoxy) is 1. The molecule has 0 amide bonds. The molecule has 4 aliphatic rings. The monoisotopic (exact) mass is 488 g/mol. The van der Waals surface area contributed by atoms with E-state index in [0.29, 0.717) is 24.8 Å². The van der Waals surface area contributed by atoms with Crippen molar-refractivity contribution >= 4 is 23.3 Å². The topological polar surface area (TPSA) is 97.7 Å². The molecule has 6 nitrogen and oxygen atoms in total. The van der Waals surface area contributed by atoms with Gasteiger partial charge in [0.25, 0.3) is 0 Å². The Hall–Kier alpha value is -2.15. The number of allylic oxidation sites excluding steroid dienone is 4. The molecule has 35 heavy (non-hydrogen) atoms. The lowest BCUT2D eigenvalue weighted by atomic mass is 9.44. The summed E-state index contributed by atoms with van der Waals surface area (Å²) in [6.07, 6.45) is 4.21. The summed E-state index contributed by atoms with van der Waals surface area (Å²) in [4.78, 5) is 50.8. The number of esters is 1. The molecule has 0 saturated heterocycles. The van der Waals surface area contributed by atoms with Crippen LogP contribution in [0.2, 0.25) is 0 Å². The van der Waals surface area contributed by atoms with Crippen LogP contribution in [0, 0.1) is 28.6 Å². The number of aliphatic hydroxyl groups is 1. The van der Waals surface area contributed by atoms with E-state index in [0.717, 1.165) is 0 Å². The fraction of sp³-hybridized carbons (Fsp3) is 0.714. The van der Waals surface area contributed by atoms with Crippen molar-refractivity contribution in [3.63, 3.8) is 0 Å². The Morgan fingerprint density at radius 2 is 1.86 bits per heavy atom. The van der Waals surface area contributed by atoms with Gasteiger partial charge in [0.05, 0.1) is 12.5 Å². The quantitative estimate of drug-likeness (QED) is 0.444. The number of fused-ring (bicyclic) bond motifs is 5. The van der Waals surface area contributed by atoms with Crippen LogP contribution in [0.3, 0.4) is 0 Å². The van der Waals surface area contributed by atoms with Gasteiger partial charge < -0.3 is 9.84 Å². The van der Waals surface area contributed by atoms with Gasteiger partial charge in [0, 0.05) is 35.5 Å². The van der Waals surface area contributed by atoms with E-state index in [1.165, 1.54) is 12.2 Å². The highest BCUT2D eigenvalue weighted by atomic mass is 19.1. The zero-order valence-corrected chi connectivity index (χ0v) is 21.4. The van der Waals surface area contributed by atoms with Gasteiger partial charge in [0.2, 0.25) is 0 Å². The first-order valence-corrected chi connectivity index (χ1v) is 12.9. The van der Waals surface area contributed by atoms with Crippen LogP contribution in [0.1, 0.15) is 79.6 Å². The predicted octanol–water partition coefficient (Wildman–Crippen LogP) is 4.23. The average molecular weight is 489 g/mol. The summed E-state index contributed by atoms with van der Waals surface area (Å²) in [5, 5.41) is 11.5. The van der Waals surface area contributed by atoms with Gasteiger partial charge >= 0.3 is 5.97 Å². The molecule has 3 fully saturated rings. The van der Waals surface area contributed by atoms with Gasteiger partial charge in [-0.3, -0.25) is 19.2 Å². The number of alkyl halides is 1. The highest BCUT2D eigenvalue weighted by molar-refractivity contribution is 6.04. The molecule has 8 atom stereocenters. The first-order chi connectivity index (χ1) is 16.3. The maximum Gasteiger partial charge on any atom is 0.306 e. The third-order valence-electron chi connectivity index (χ3n) is 9.91. The maximum atomic E-state index is 17.3. The Kier molecular flexibility index (Phi) is 6.27. The predicted molar refractivity (Wildman–Crippen MR) is 127 cm³/mol. The molecule has 0 aliphatic heterocycles. The third-order valence-corrected chi connectivity index (χ3v) is 9.91. The van der Waals surface area contributed by atoms with Crippen molar-refractivity contribution in [3.05, 3.63) is 23.8 Å². The normalized spacial score (nSPS) is 44.1. The summed E-state index contributed by atoms with van der Waals surface area (Å²) in [5.74, 6) is -2.80. The van der Waals surface area contributed by atoms with Crippen LogP contribution in [-0.2, 0) is 23.9 Å². The average Bonchev–Trinajstić information content (AvgIpc) is 3.02. The lowest BCUT2D eigenvalue weighted by molar-refractivity contribution is -0.227. The molecule has 0 bridgehead atoms. The first kappa shape index (κ1) is 25.9. The summed E-state index contributed by atoms with van der Waals surface area (Å²) in [5.41, 5.74) is -5.13. The molecule has 3 saturated carbocycles. The minimum atomic E-state index is -2.04. The molecular weight excluding hydrogens is 451 g/mol. The Labute approximate surface area is 206 Å². The van der Waals surface area contributed by atoms with E-state index in [2.05, 4.69) is 0 Å². The first-order valence-electron chi connectivity index (χ1n) is 12.9. The molecule has 0 radical (unpaired) electrons. The molecule has 0 spiro atoms. The van der Waals surface area contributed by atoms with Crippen LogP contribution in [0.4, 0.5) is 4.39 Å². The third kappa shape index (κ3) is 3.29. The van der Waals surface area contributed by atoms with E-state index in [9.17, 15) is 24.3 Å². The van der Waals surface area contributed by atoms with E-state index < -0.39 is 51.8 Å². The van der Waals surface area contributed by atoms with Crippen molar-refractivity contribution in [2.75, 3.05) is 0 Å². The second-order valence-electron chi connectivity index (χ2n) is 11.5. The van der Waals surface area contributed by atoms with E-state index in [4.69, 9.17) is 4.74 Å². The highest BCUT2D eigenvalue weighted by Crippen LogP contribution is 2.71. The van der Waals surface area contributed by atoms with E-state index in [-0.39, 0.29) is 43.2 Å². The summed E-state index contributed by atoms with van der Waals surface area (Å²) >= 11 is 0. The van der Waals surface area contributed by atoms with Crippen molar-refractivity contribution < 1.29 is 33.4 Å². The Bertz CT molecular complexity index is 1030. The number of carbonyl (C=O) groups is 4. The molecule has 0 aromatic heterocycles. The molecule has 0 aromatic rings. The summed E-state index contributed by atoms with van der Waals surface area (Å²) in [6.45, 7) is 8.73. The van der Waals surface area contributed by atoms with E-state index in [1.807, 2.05) is 13.8 Å². The maximum absolute atomic E-state index is 17.3. The largest absolute Gasteiger partial charge is 0.450 e. The number of hydrogen-bond acceptors (Lipinski definition) is 6. The number of aliphatic hydroxyl groups excluding tert-OH is 1. The molecule has 0 heterocycles. The fourth-order valence-corrected chi connectivity index (χ4v) is 8.09. The Balaban J connectivity index is 1.84. The van der Waals surface area contributed by atoms with Crippen molar-refractivity contribution in [2.45, 2.75) is 96.9 Å². The zero-order valence-electron chi connectivity index (χ0n) is 21.4. The molecule has 192 valence electrons. The van der Waals surface area contributed by atoms with Gasteiger partial charge in [-0.2, -0.15) is 0 Å². The molecule has 1 N–H and O–H groups in total. The summed E-state index contributed by atoms with van der Waals surface area (Å²) < 4.78 is 23.3. The van der Waals surface area contributed by atoms with Gasteiger partial charge in [0.1, 0.15) is 5.78 Å². The minimum Gasteiger partial charge on any atom is -0.450 e. The number of hydrogen-bond donors (Lipinski definition) is 1. The number of carbonyl (C=O) groups excluding carboxylic acids is 4. The van der Waals surface area contributed by atoms with Crippen LogP contribution < -0.4 is 0 Å². The van der Waals surface area contributed by atoms with Gasteiger partial charge in [0.15, 0.2) is 22.8 Å². The molecule has 0 aromatic carbocycles. The lowest BCUT2D eigenvalue weighted by Gasteiger charge is -2.62. The molecule has 0 unspecified atom stereocenters. The molecule has 4 aliphatic carbocycles. The number of Topliss-reactive ketones (excluding diaryl/α,β-unsaturated/α-hetero) is 2. The van der Waals surface area contributed by atoms with Gasteiger partial charge in [-0.1, -0.05) is 39.3 Å². The van der Waals surface area contributed by atoms with Crippen molar-refractivity contribution in [1.82, 2.24) is 0 Å². The minimum absolute atomic E-state index is 0.0638. The molecule has 7 heteroatoms. The van der Waals surface area contributed by atoms with Crippen molar-refractivity contribution in [1.29, 1.82) is 0 Å². The van der Waals surface area contributed by atoms with E-state index >= 15 is 4.39 Å². The molecular formula is C28H37FO6. The molecule has 4 rings (SSSR count). The zero-order chi connectivity index (χ0) is 26.0.